The molecule has 0 atom stereocenters. The molecule has 0 aliphatic rings. The molecule has 3 aromatic carbocycles. The summed E-state index contributed by atoms with van der Waals surface area (Å²) < 4.78 is 10.9. The maximum atomic E-state index is 9.86. The molecule has 0 aliphatic heterocycles. The van der Waals surface area contributed by atoms with Gasteiger partial charge in [-0.25, -0.2) is 0 Å². The number of aromatic nitrogens is 2. The van der Waals surface area contributed by atoms with Gasteiger partial charge in [0.05, 0.1) is 26.5 Å². The quantitative estimate of drug-likeness (QED) is 0.398. The van der Waals surface area contributed by atoms with E-state index in [0.29, 0.717) is 17.1 Å². The van der Waals surface area contributed by atoms with Gasteiger partial charge in [-0.3, -0.25) is 4.98 Å². The number of H-pyrrole nitrogens is 1. The summed E-state index contributed by atoms with van der Waals surface area (Å²) in [6, 6.07) is 22.6. The first-order chi connectivity index (χ1) is 15.2. The van der Waals surface area contributed by atoms with E-state index in [1.165, 1.54) is 5.39 Å². The first kappa shape index (κ1) is 19.2. The van der Waals surface area contributed by atoms with Crippen molar-refractivity contribution in [3.05, 3.63) is 78.5 Å². The molecule has 0 aliphatic carbocycles. The van der Waals surface area contributed by atoms with Crippen LogP contribution in [0.15, 0.2) is 72.9 Å². The summed E-state index contributed by atoms with van der Waals surface area (Å²) in [4.78, 5) is 8.17. The van der Waals surface area contributed by atoms with Crippen molar-refractivity contribution in [2.24, 2.45) is 0 Å². The van der Waals surface area contributed by atoms with Crippen molar-refractivity contribution in [2.45, 2.75) is 6.61 Å². The van der Waals surface area contributed by atoms with Crippen molar-refractivity contribution in [3.63, 3.8) is 0 Å². The second kappa shape index (κ2) is 7.78. The number of benzene rings is 3. The zero-order chi connectivity index (χ0) is 21.4. The molecule has 0 fully saturated rings. The zero-order valence-electron chi connectivity index (χ0n) is 17.3. The summed E-state index contributed by atoms with van der Waals surface area (Å²) in [5.41, 5.74) is 5.59. The van der Waals surface area contributed by atoms with Gasteiger partial charge in [0.25, 0.3) is 0 Å². The highest BCUT2D eigenvalue weighted by molar-refractivity contribution is 5.98. The van der Waals surface area contributed by atoms with Gasteiger partial charge in [-0.1, -0.05) is 30.3 Å². The number of hydrogen-bond acceptors (Lipinski definition) is 4. The Hall–Kier alpha value is -3.83. The van der Waals surface area contributed by atoms with Gasteiger partial charge in [0, 0.05) is 39.3 Å². The van der Waals surface area contributed by atoms with Crippen LogP contribution in [-0.4, -0.2) is 29.3 Å². The molecule has 2 N–H and O–H groups in total. The summed E-state index contributed by atoms with van der Waals surface area (Å²) in [5, 5.41) is 13.1. The Morgan fingerprint density at radius 1 is 0.871 bits per heavy atom. The molecule has 0 saturated heterocycles. The first-order valence-corrected chi connectivity index (χ1v) is 10.0. The third kappa shape index (κ3) is 3.29. The predicted octanol–water partition coefficient (Wildman–Crippen LogP) is 5.56. The molecule has 0 bridgehead atoms. The predicted molar refractivity (Wildman–Crippen MR) is 123 cm³/mol. The van der Waals surface area contributed by atoms with Gasteiger partial charge in [-0.2, -0.15) is 0 Å². The minimum atomic E-state index is -0.154. The van der Waals surface area contributed by atoms with E-state index in [1.807, 2.05) is 30.3 Å². The minimum absolute atomic E-state index is 0.154. The number of aliphatic hydroxyl groups excluding tert-OH is 1. The number of ether oxygens (including phenoxy) is 2. The number of hydrogen-bond donors (Lipinski definition) is 2. The maximum absolute atomic E-state index is 9.86. The normalized spacial score (nSPS) is 11.2. The van der Waals surface area contributed by atoms with Crippen molar-refractivity contribution in [1.29, 1.82) is 0 Å². The molecule has 0 spiro atoms. The topological polar surface area (TPSA) is 67.4 Å². The molecule has 0 saturated carbocycles. The van der Waals surface area contributed by atoms with Crippen molar-refractivity contribution in [2.75, 3.05) is 14.2 Å². The molecule has 5 rings (SSSR count). The number of para-hydroxylation sites is 1. The lowest BCUT2D eigenvalue weighted by Gasteiger charge is -2.15. The lowest BCUT2D eigenvalue weighted by Crippen LogP contribution is -1.98. The molecule has 5 nitrogen and oxygen atoms in total. The second-order valence-corrected chi connectivity index (χ2v) is 7.39. The molecule has 5 aromatic rings. The van der Waals surface area contributed by atoms with Crippen LogP contribution in [0.1, 0.15) is 5.56 Å². The number of rotatable bonds is 5. The summed E-state index contributed by atoms with van der Waals surface area (Å²) in [6.07, 6.45) is 1.80. The molecular weight excluding hydrogens is 388 g/mol. The molecular formula is C26H22N2O3. The molecule has 0 amide bonds. The minimum Gasteiger partial charge on any atom is -0.493 e. The Labute approximate surface area is 179 Å². The second-order valence-electron chi connectivity index (χ2n) is 7.39. The van der Waals surface area contributed by atoms with Gasteiger partial charge in [-0.15, -0.1) is 0 Å². The smallest absolute Gasteiger partial charge is 0.166 e. The lowest BCUT2D eigenvalue weighted by molar-refractivity contribution is 0.270. The number of aromatic amines is 1. The molecule has 154 valence electrons. The lowest BCUT2D eigenvalue weighted by atomic mass is 9.99. The first-order valence-electron chi connectivity index (χ1n) is 10.0. The standard InChI is InChI=1S/C26H22N2O3/c1-30-24-14-19(11-20(15-29)26(24)31-2)25-21-12-18(8-7-16(21)9-10-27-25)23-13-17-5-3-4-6-22(17)28-23/h3-14,28-29H,15H2,1-2H3. The zero-order valence-corrected chi connectivity index (χ0v) is 17.3. The summed E-state index contributed by atoms with van der Waals surface area (Å²) in [5.74, 6) is 1.10. The van der Waals surface area contributed by atoms with E-state index in [9.17, 15) is 5.11 Å². The van der Waals surface area contributed by atoms with E-state index < -0.39 is 0 Å². The fraction of sp³-hybridized carbons (Fsp3) is 0.115. The average Bonchev–Trinajstić information content (AvgIpc) is 3.26. The van der Waals surface area contributed by atoms with E-state index in [-0.39, 0.29) is 6.61 Å². The molecule has 31 heavy (non-hydrogen) atoms. The molecule has 0 unspecified atom stereocenters. The van der Waals surface area contributed by atoms with Crippen LogP contribution in [0.25, 0.3) is 44.2 Å². The molecule has 2 heterocycles. The van der Waals surface area contributed by atoms with Crippen molar-refractivity contribution in [3.8, 4) is 34.0 Å². The van der Waals surface area contributed by atoms with Crippen LogP contribution >= 0.6 is 0 Å². The van der Waals surface area contributed by atoms with Crippen molar-refractivity contribution >= 4 is 21.7 Å². The van der Waals surface area contributed by atoms with Crippen molar-refractivity contribution in [1.82, 2.24) is 9.97 Å². The third-order valence-corrected chi connectivity index (χ3v) is 5.61. The summed E-state index contributed by atoms with van der Waals surface area (Å²) in [6.45, 7) is -0.154. The van der Waals surface area contributed by atoms with Gasteiger partial charge < -0.3 is 19.6 Å². The Bertz CT molecular complexity index is 1350. The number of nitrogens with zero attached hydrogens (tertiary/aromatic N) is 1. The maximum Gasteiger partial charge on any atom is 0.166 e. The number of methoxy groups -OCH3 is 2. The molecule has 5 heteroatoms. The van der Waals surface area contributed by atoms with Gasteiger partial charge in [0.1, 0.15) is 0 Å². The summed E-state index contributed by atoms with van der Waals surface area (Å²) in [7, 11) is 3.16. The van der Waals surface area contributed by atoms with Crippen LogP contribution in [0.5, 0.6) is 11.5 Å². The number of aliphatic hydroxyl groups is 1. The van der Waals surface area contributed by atoms with Gasteiger partial charge in [-0.05, 0) is 47.3 Å². The highest BCUT2D eigenvalue weighted by Gasteiger charge is 2.16. The SMILES string of the molecule is COc1cc(-c2nccc3ccc(-c4cc5ccccc5[nH]4)cc23)cc(CO)c1OC. The third-order valence-electron chi connectivity index (χ3n) is 5.61. The average molecular weight is 410 g/mol. The molecule has 2 aromatic heterocycles. The van der Waals surface area contributed by atoms with Gasteiger partial charge in [0.2, 0.25) is 0 Å². The Kier molecular flexibility index (Phi) is 4.81. The number of pyridine rings is 1. The van der Waals surface area contributed by atoms with Crippen LogP contribution in [0, 0.1) is 0 Å². The van der Waals surface area contributed by atoms with Crippen LogP contribution in [0.3, 0.4) is 0 Å². The highest BCUT2D eigenvalue weighted by Crippen LogP contribution is 2.38. The van der Waals surface area contributed by atoms with E-state index in [4.69, 9.17) is 9.47 Å². The molecule has 0 radical (unpaired) electrons. The van der Waals surface area contributed by atoms with Gasteiger partial charge in [0.15, 0.2) is 11.5 Å². The van der Waals surface area contributed by atoms with Gasteiger partial charge >= 0.3 is 0 Å². The fourth-order valence-electron chi connectivity index (χ4n) is 4.09. The van der Waals surface area contributed by atoms with Crippen LogP contribution < -0.4 is 9.47 Å². The monoisotopic (exact) mass is 410 g/mol. The van der Waals surface area contributed by atoms with Crippen LogP contribution in [0.2, 0.25) is 0 Å². The highest BCUT2D eigenvalue weighted by atomic mass is 16.5. The van der Waals surface area contributed by atoms with E-state index >= 15 is 0 Å². The van der Waals surface area contributed by atoms with Crippen molar-refractivity contribution < 1.29 is 14.6 Å². The van der Waals surface area contributed by atoms with E-state index in [1.54, 1.807) is 20.4 Å². The Morgan fingerprint density at radius 3 is 2.52 bits per heavy atom. The number of fused-ring (bicyclic) bond motifs is 2. The summed E-state index contributed by atoms with van der Waals surface area (Å²) >= 11 is 0. The fourth-order valence-corrected chi connectivity index (χ4v) is 4.09. The van der Waals surface area contributed by atoms with Crippen LogP contribution in [-0.2, 0) is 6.61 Å². The van der Waals surface area contributed by atoms with E-state index in [0.717, 1.165) is 38.8 Å². The number of nitrogens with one attached hydrogen (secondary N) is 1. The Balaban J connectivity index is 1.70. The van der Waals surface area contributed by atoms with Crippen LogP contribution in [0.4, 0.5) is 0 Å². The largest absolute Gasteiger partial charge is 0.493 e. The Morgan fingerprint density at radius 2 is 1.74 bits per heavy atom. The van der Waals surface area contributed by atoms with E-state index in [2.05, 4.69) is 46.4 Å².